The van der Waals surface area contributed by atoms with Gasteiger partial charge in [-0.05, 0) is 40.0 Å². The Kier molecular flexibility index (Phi) is 5.88. The monoisotopic (exact) mass is 282 g/mol. The number of fused-ring (bicyclic) bond motifs is 1. The Balaban J connectivity index is 1.98. The van der Waals surface area contributed by atoms with E-state index in [9.17, 15) is 0 Å². The largest absolute Gasteiger partial charge is 0.375 e. The fourth-order valence-electron chi connectivity index (χ4n) is 3.72. The van der Waals surface area contributed by atoms with Gasteiger partial charge in [0.15, 0.2) is 0 Å². The first-order valence-corrected chi connectivity index (χ1v) is 8.63. The predicted molar refractivity (Wildman–Crippen MR) is 85.2 cm³/mol. The molecule has 0 aromatic rings. The first-order valence-electron chi connectivity index (χ1n) is 8.63. The van der Waals surface area contributed by atoms with E-state index in [0.717, 1.165) is 19.7 Å². The third-order valence-electron chi connectivity index (χ3n) is 4.73. The first kappa shape index (κ1) is 16.3. The molecule has 1 saturated carbocycles. The summed E-state index contributed by atoms with van der Waals surface area (Å²) in [5, 5.41) is 3.72. The number of ether oxygens (including phenoxy) is 1. The Morgan fingerprint density at radius 2 is 2.00 bits per heavy atom. The summed E-state index contributed by atoms with van der Waals surface area (Å²) in [6.07, 6.45) is 8.41. The highest BCUT2D eigenvalue weighted by Gasteiger charge is 2.37. The molecule has 2 aliphatic rings. The summed E-state index contributed by atoms with van der Waals surface area (Å²) in [6.45, 7) is 12.3. The molecular weight excluding hydrogens is 248 g/mol. The van der Waals surface area contributed by atoms with Crippen molar-refractivity contribution in [2.45, 2.75) is 89.9 Å². The molecule has 0 aromatic carbocycles. The van der Waals surface area contributed by atoms with Gasteiger partial charge < -0.3 is 10.1 Å². The summed E-state index contributed by atoms with van der Waals surface area (Å²) in [6, 6.07) is 1.35. The lowest BCUT2D eigenvalue weighted by Gasteiger charge is -2.48. The van der Waals surface area contributed by atoms with Crippen LogP contribution < -0.4 is 5.32 Å². The van der Waals surface area contributed by atoms with Gasteiger partial charge in [-0.25, -0.2) is 0 Å². The molecule has 20 heavy (non-hydrogen) atoms. The van der Waals surface area contributed by atoms with E-state index >= 15 is 0 Å². The molecule has 3 heteroatoms. The van der Waals surface area contributed by atoms with Gasteiger partial charge in [0.05, 0.1) is 12.7 Å². The molecule has 0 bridgehead atoms. The maximum Gasteiger partial charge on any atom is 0.0731 e. The van der Waals surface area contributed by atoms with Crippen LogP contribution in [0.3, 0.4) is 0 Å². The molecule has 3 unspecified atom stereocenters. The van der Waals surface area contributed by atoms with Crippen LogP contribution in [0.5, 0.6) is 0 Å². The van der Waals surface area contributed by atoms with Gasteiger partial charge in [0, 0.05) is 30.7 Å². The van der Waals surface area contributed by atoms with Crippen LogP contribution in [-0.2, 0) is 4.74 Å². The van der Waals surface area contributed by atoms with Crippen molar-refractivity contribution in [2.24, 2.45) is 0 Å². The summed E-state index contributed by atoms with van der Waals surface area (Å²) >= 11 is 0. The highest BCUT2D eigenvalue weighted by molar-refractivity contribution is 4.92. The average Bonchev–Trinajstić information content (AvgIpc) is 2.42. The summed E-state index contributed by atoms with van der Waals surface area (Å²) in [7, 11) is 0. The minimum atomic E-state index is 0.213. The molecular formula is C17H34N2O. The van der Waals surface area contributed by atoms with E-state index in [-0.39, 0.29) is 5.54 Å². The lowest BCUT2D eigenvalue weighted by Crippen LogP contribution is -2.59. The topological polar surface area (TPSA) is 24.5 Å². The first-order chi connectivity index (χ1) is 9.51. The Labute approximate surface area is 125 Å². The van der Waals surface area contributed by atoms with Crippen molar-refractivity contribution in [3.8, 4) is 0 Å². The third kappa shape index (κ3) is 4.44. The zero-order chi connectivity index (χ0) is 14.6. The number of hydrogen-bond acceptors (Lipinski definition) is 3. The quantitative estimate of drug-likeness (QED) is 0.838. The molecule has 0 aromatic heterocycles. The fourth-order valence-corrected chi connectivity index (χ4v) is 3.72. The second-order valence-corrected chi connectivity index (χ2v) is 7.57. The smallest absolute Gasteiger partial charge is 0.0731 e. The van der Waals surface area contributed by atoms with Crippen LogP contribution in [0.4, 0.5) is 0 Å². The van der Waals surface area contributed by atoms with Crippen LogP contribution in [-0.4, -0.2) is 48.3 Å². The van der Waals surface area contributed by atoms with E-state index in [1.54, 1.807) is 0 Å². The number of rotatable bonds is 5. The Morgan fingerprint density at radius 3 is 2.70 bits per heavy atom. The van der Waals surface area contributed by atoms with Gasteiger partial charge >= 0.3 is 0 Å². The van der Waals surface area contributed by atoms with E-state index in [0.29, 0.717) is 18.2 Å². The summed E-state index contributed by atoms with van der Waals surface area (Å²) < 4.78 is 6.02. The molecule has 2 rings (SSSR count). The molecule has 1 N–H and O–H groups in total. The van der Waals surface area contributed by atoms with E-state index in [2.05, 4.69) is 37.9 Å². The Hall–Kier alpha value is -0.120. The predicted octanol–water partition coefficient (Wildman–Crippen LogP) is 3.19. The number of hydrogen-bond donors (Lipinski definition) is 1. The zero-order valence-electron chi connectivity index (χ0n) is 14.0. The second-order valence-electron chi connectivity index (χ2n) is 7.57. The van der Waals surface area contributed by atoms with Crippen molar-refractivity contribution in [2.75, 3.05) is 19.7 Å². The molecule has 3 nitrogen and oxygen atoms in total. The van der Waals surface area contributed by atoms with E-state index in [1.165, 1.54) is 38.5 Å². The molecule has 0 radical (unpaired) electrons. The SMILES string of the molecule is CCCC(CNC(C)(C)C)N1CCOC2CCCCC21. The Morgan fingerprint density at radius 1 is 1.25 bits per heavy atom. The molecule has 0 spiro atoms. The maximum absolute atomic E-state index is 6.02. The van der Waals surface area contributed by atoms with E-state index < -0.39 is 0 Å². The number of nitrogens with zero attached hydrogens (tertiary/aromatic N) is 1. The molecule has 118 valence electrons. The van der Waals surface area contributed by atoms with Crippen LogP contribution in [0.1, 0.15) is 66.2 Å². The highest BCUT2D eigenvalue weighted by atomic mass is 16.5. The van der Waals surface area contributed by atoms with Gasteiger partial charge in [0.1, 0.15) is 0 Å². The molecule has 1 aliphatic carbocycles. The van der Waals surface area contributed by atoms with Gasteiger partial charge in [-0.3, -0.25) is 4.90 Å². The van der Waals surface area contributed by atoms with Gasteiger partial charge in [-0.1, -0.05) is 26.2 Å². The van der Waals surface area contributed by atoms with E-state index in [1.807, 2.05) is 0 Å². The zero-order valence-corrected chi connectivity index (χ0v) is 14.0. The van der Waals surface area contributed by atoms with Crippen LogP contribution in [0.2, 0.25) is 0 Å². The van der Waals surface area contributed by atoms with Gasteiger partial charge in [-0.15, -0.1) is 0 Å². The standard InChI is InChI=1S/C17H34N2O/c1-5-8-14(13-18-17(2,3)4)19-11-12-20-16-10-7-6-9-15(16)19/h14-16,18H,5-13H2,1-4H3. The molecule has 1 saturated heterocycles. The Bertz CT molecular complexity index is 285. The fraction of sp³-hybridized carbons (Fsp3) is 1.00. The summed E-state index contributed by atoms with van der Waals surface area (Å²) in [5.41, 5.74) is 0.213. The van der Waals surface area contributed by atoms with Crippen molar-refractivity contribution in [1.29, 1.82) is 0 Å². The molecule has 2 fully saturated rings. The second kappa shape index (κ2) is 7.24. The van der Waals surface area contributed by atoms with Crippen molar-refractivity contribution < 1.29 is 4.74 Å². The maximum atomic E-state index is 6.02. The lowest BCUT2D eigenvalue weighted by atomic mass is 9.88. The van der Waals surface area contributed by atoms with Crippen LogP contribution >= 0.6 is 0 Å². The highest BCUT2D eigenvalue weighted by Crippen LogP contribution is 2.30. The van der Waals surface area contributed by atoms with Crippen molar-refractivity contribution >= 4 is 0 Å². The molecule has 3 atom stereocenters. The van der Waals surface area contributed by atoms with Crippen LogP contribution in [0, 0.1) is 0 Å². The molecule has 0 amide bonds. The van der Waals surface area contributed by atoms with Gasteiger partial charge in [-0.2, -0.15) is 0 Å². The minimum absolute atomic E-state index is 0.213. The van der Waals surface area contributed by atoms with Crippen molar-refractivity contribution in [1.82, 2.24) is 10.2 Å². The van der Waals surface area contributed by atoms with Crippen LogP contribution in [0.25, 0.3) is 0 Å². The summed E-state index contributed by atoms with van der Waals surface area (Å²) in [4.78, 5) is 2.77. The van der Waals surface area contributed by atoms with Crippen LogP contribution in [0.15, 0.2) is 0 Å². The van der Waals surface area contributed by atoms with Crippen molar-refractivity contribution in [3.63, 3.8) is 0 Å². The third-order valence-corrected chi connectivity index (χ3v) is 4.73. The number of morpholine rings is 1. The van der Waals surface area contributed by atoms with Gasteiger partial charge in [0.2, 0.25) is 0 Å². The molecule has 1 heterocycles. The van der Waals surface area contributed by atoms with E-state index in [4.69, 9.17) is 4.74 Å². The minimum Gasteiger partial charge on any atom is -0.375 e. The van der Waals surface area contributed by atoms with Gasteiger partial charge in [0.25, 0.3) is 0 Å². The lowest BCUT2D eigenvalue weighted by molar-refractivity contribution is -0.103. The van der Waals surface area contributed by atoms with Crippen molar-refractivity contribution in [3.05, 3.63) is 0 Å². The molecule has 1 aliphatic heterocycles. The normalized spacial score (nSPS) is 30.0. The summed E-state index contributed by atoms with van der Waals surface area (Å²) in [5.74, 6) is 0. The average molecular weight is 282 g/mol. The number of nitrogens with one attached hydrogen (secondary N) is 1.